The molecule has 1 atom stereocenters. The zero-order chi connectivity index (χ0) is 12.0. The lowest BCUT2D eigenvalue weighted by Crippen LogP contribution is -2.33. The van der Waals surface area contributed by atoms with Crippen LogP contribution in [0.3, 0.4) is 0 Å². The second kappa shape index (κ2) is 6.50. The van der Waals surface area contributed by atoms with E-state index in [1.165, 1.54) is 18.2 Å². The molecule has 1 rings (SSSR count). The van der Waals surface area contributed by atoms with Gasteiger partial charge < -0.3 is 4.55 Å². The second-order valence-corrected chi connectivity index (χ2v) is 4.62. The van der Waals surface area contributed by atoms with E-state index in [4.69, 9.17) is 0 Å². The van der Waals surface area contributed by atoms with E-state index in [0.29, 0.717) is 5.75 Å². The minimum absolute atomic E-state index is 0.0765. The van der Waals surface area contributed by atoms with E-state index in [2.05, 4.69) is 4.72 Å². The van der Waals surface area contributed by atoms with Gasteiger partial charge in [0.1, 0.15) is 11.6 Å². The van der Waals surface area contributed by atoms with Gasteiger partial charge in [0.05, 0.1) is 16.9 Å². The highest BCUT2D eigenvalue weighted by atomic mass is 32.2. The molecule has 0 spiro atoms. The zero-order valence-corrected chi connectivity index (χ0v) is 9.85. The number of rotatable bonds is 5. The molecule has 1 N–H and O–H groups in total. The summed E-state index contributed by atoms with van der Waals surface area (Å²) in [6, 6.07) is 5.62. The van der Waals surface area contributed by atoms with E-state index in [0.717, 1.165) is 12.8 Å². The molecule has 0 fully saturated rings. The molecule has 5 heteroatoms. The largest absolute Gasteiger partial charge is 0.593 e. The van der Waals surface area contributed by atoms with Crippen molar-refractivity contribution in [1.29, 1.82) is 0 Å². The fourth-order valence-electron chi connectivity index (χ4n) is 1.13. The summed E-state index contributed by atoms with van der Waals surface area (Å²) in [6.45, 7) is 1.97. The van der Waals surface area contributed by atoms with Crippen LogP contribution >= 0.6 is 0 Å². The van der Waals surface area contributed by atoms with Gasteiger partial charge in [-0.1, -0.05) is 25.5 Å². The first-order valence-corrected chi connectivity index (χ1v) is 6.41. The maximum absolute atomic E-state index is 13.2. The Bertz CT molecular complexity index is 360. The summed E-state index contributed by atoms with van der Waals surface area (Å²) in [5.41, 5.74) is -0.0765. The van der Waals surface area contributed by atoms with Gasteiger partial charge in [-0.15, -0.1) is 0 Å². The van der Waals surface area contributed by atoms with E-state index in [1.54, 1.807) is 6.07 Å². The molecule has 3 nitrogen and oxygen atoms in total. The molecule has 0 bridgehead atoms. The van der Waals surface area contributed by atoms with Gasteiger partial charge in [-0.2, -0.15) is 4.72 Å². The summed E-state index contributed by atoms with van der Waals surface area (Å²) in [5.74, 6) is -0.837. The molecule has 16 heavy (non-hydrogen) atoms. The summed E-state index contributed by atoms with van der Waals surface area (Å²) in [6.07, 6.45) is 1.67. The summed E-state index contributed by atoms with van der Waals surface area (Å²) >= 11 is -1.42. The minimum Gasteiger partial charge on any atom is -0.593 e. The lowest BCUT2D eigenvalue weighted by Gasteiger charge is -2.10. The maximum atomic E-state index is 13.2. The smallest absolute Gasteiger partial charge is 0.295 e. The highest BCUT2D eigenvalue weighted by Crippen LogP contribution is 2.06. The average molecular weight is 243 g/mol. The van der Waals surface area contributed by atoms with Gasteiger partial charge in [-0.25, -0.2) is 4.39 Å². The number of halogens is 1. The van der Waals surface area contributed by atoms with Gasteiger partial charge in [-0.3, -0.25) is 4.79 Å². The number of carbonyl (C=O) groups is 1. The van der Waals surface area contributed by atoms with Crippen molar-refractivity contribution in [3.63, 3.8) is 0 Å². The molecular formula is C11H14FNO2S. The van der Waals surface area contributed by atoms with Crippen molar-refractivity contribution < 1.29 is 13.7 Å². The molecule has 1 amide bonds. The number of amides is 1. The Labute approximate surface area is 97.4 Å². The molecule has 0 aliphatic carbocycles. The van der Waals surface area contributed by atoms with Crippen LogP contribution in [0.15, 0.2) is 24.3 Å². The quantitative estimate of drug-likeness (QED) is 0.804. The van der Waals surface area contributed by atoms with E-state index in [1.807, 2.05) is 6.92 Å². The summed E-state index contributed by atoms with van der Waals surface area (Å²) in [7, 11) is 0. The van der Waals surface area contributed by atoms with Crippen LogP contribution in [-0.4, -0.2) is 16.2 Å². The summed E-state index contributed by atoms with van der Waals surface area (Å²) in [5, 5.41) is 0. The Kier molecular flexibility index (Phi) is 5.28. The Morgan fingerprint density at radius 3 is 2.81 bits per heavy atom. The zero-order valence-electron chi connectivity index (χ0n) is 9.03. The van der Waals surface area contributed by atoms with Crippen LogP contribution in [0, 0.1) is 5.82 Å². The van der Waals surface area contributed by atoms with Gasteiger partial charge in [-0.05, 0) is 18.6 Å². The van der Waals surface area contributed by atoms with Gasteiger partial charge in [0.15, 0.2) is 0 Å². The van der Waals surface area contributed by atoms with Crippen molar-refractivity contribution in [1.82, 2.24) is 4.72 Å². The topological polar surface area (TPSA) is 52.2 Å². The van der Waals surface area contributed by atoms with Crippen molar-refractivity contribution in [2.24, 2.45) is 0 Å². The van der Waals surface area contributed by atoms with Crippen molar-refractivity contribution in [2.45, 2.75) is 19.8 Å². The van der Waals surface area contributed by atoms with Crippen LogP contribution in [0.1, 0.15) is 30.1 Å². The van der Waals surface area contributed by atoms with Crippen molar-refractivity contribution in [3.05, 3.63) is 35.6 Å². The Morgan fingerprint density at radius 2 is 2.19 bits per heavy atom. The van der Waals surface area contributed by atoms with Crippen molar-refractivity contribution in [2.75, 3.05) is 5.75 Å². The van der Waals surface area contributed by atoms with Crippen LogP contribution in [0.5, 0.6) is 0 Å². The Balaban J connectivity index is 2.56. The van der Waals surface area contributed by atoms with Gasteiger partial charge in [0, 0.05) is 0 Å². The summed E-state index contributed by atoms with van der Waals surface area (Å²) < 4.78 is 26.8. The molecule has 0 saturated heterocycles. The highest BCUT2D eigenvalue weighted by Gasteiger charge is 2.16. The van der Waals surface area contributed by atoms with Crippen LogP contribution in [0.25, 0.3) is 0 Å². The molecule has 1 aromatic carbocycles. The van der Waals surface area contributed by atoms with Gasteiger partial charge >= 0.3 is 0 Å². The predicted octanol–water partition coefficient (Wildman–Crippen LogP) is 2.02. The number of hydrogen-bond donors (Lipinski definition) is 1. The maximum Gasteiger partial charge on any atom is 0.295 e. The standard InChI is InChI=1S/C11H14FNO2S/c1-2-3-8-16(15)13-11(14)9-6-4-5-7-10(9)12/h4-7H,2-3,8H2,1H3,(H,13,14). The van der Waals surface area contributed by atoms with E-state index < -0.39 is 23.1 Å². The number of carbonyl (C=O) groups excluding carboxylic acids is 1. The number of benzene rings is 1. The lowest BCUT2D eigenvalue weighted by atomic mass is 10.2. The van der Waals surface area contributed by atoms with E-state index in [9.17, 15) is 13.7 Å². The molecule has 0 radical (unpaired) electrons. The fraction of sp³-hybridized carbons (Fsp3) is 0.364. The van der Waals surface area contributed by atoms with Crippen LogP contribution in [0.4, 0.5) is 4.39 Å². The first-order valence-electron chi connectivity index (χ1n) is 5.09. The number of hydrogen-bond acceptors (Lipinski definition) is 2. The van der Waals surface area contributed by atoms with Gasteiger partial charge in [0.25, 0.3) is 5.91 Å². The van der Waals surface area contributed by atoms with E-state index in [-0.39, 0.29) is 5.56 Å². The minimum atomic E-state index is -1.42. The Hall–Kier alpha value is -1.07. The average Bonchev–Trinajstić information content (AvgIpc) is 2.26. The Morgan fingerprint density at radius 1 is 1.50 bits per heavy atom. The number of unbranched alkanes of at least 4 members (excludes halogenated alkanes) is 1. The third-order valence-corrected chi connectivity index (χ3v) is 3.08. The molecule has 1 unspecified atom stereocenters. The fourth-order valence-corrected chi connectivity index (χ4v) is 2.10. The molecule has 0 saturated carbocycles. The predicted molar refractivity (Wildman–Crippen MR) is 61.8 cm³/mol. The third-order valence-electron chi connectivity index (χ3n) is 2.01. The summed E-state index contributed by atoms with van der Waals surface area (Å²) in [4.78, 5) is 11.5. The van der Waals surface area contributed by atoms with E-state index >= 15 is 0 Å². The second-order valence-electron chi connectivity index (χ2n) is 3.31. The van der Waals surface area contributed by atoms with Gasteiger partial charge in [0.2, 0.25) is 0 Å². The molecule has 0 heterocycles. The normalized spacial score (nSPS) is 12.2. The molecule has 0 aromatic heterocycles. The molecule has 0 aliphatic rings. The van der Waals surface area contributed by atoms with Crippen LogP contribution in [-0.2, 0) is 11.4 Å². The van der Waals surface area contributed by atoms with Crippen molar-refractivity contribution in [3.8, 4) is 0 Å². The molecular weight excluding hydrogens is 229 g/mol. The molecule has 1 aromatic rings. The van der Waals surface area contributed by atoms with Crippen molar-refractivity contribution >= 4 is 17.3 Å². The third kappa shape index (κ3) is 3.83. The first kappa shape index (κ1) is 13.0. The molecule has 0 aliphatic heterocycles. The SMILES string of the molecule is CCCC[S+]([O-])NC(=O)c1ccccc1F. The monoisotopic (exact) mass is 243 g/mol. The molecule has 88 valence electrons. The van der Waals surface area contributed by atoms with Crippen LogP contribution in [0.2, 0.25) is 0 Å². The first-order chi connectivity index (χ1) is 7.65. The highest BCUT2D eigenvalue weighted by molar-refractivity contribution is 7.90. The number of nitrogens with one attached hydrogen (secondary N) is 1. The lowest BCUT2D eigenvalue weighted by molar-refractivity contribution is 0.0977. The van der Waals surface area contributed by atoms with Crippen LogP contribution < -0.4 is 4.72 Å².